The van der Waals surface area contributed by atoms with Crippen LogP contribution in [0.25, 0.3) is 11.1 Å². The van der Waals surface area contributed by atoms with Gasteiger partial charge in [0.25, 0.3) is 0 Å². The number of alkyl carbamates (subject to hydrolysis) is 2. The predicted molar refractivity (Wildman–Crippen MR) is 319 cm³/mol. The largest absolute Gasteiger partial charge is 0.495 e. The first-order chi connectivity index (χ1) is 41.5. The molecule has 0 aromatic heterocycles. The topological polar surface area (TPSA) is 250 Å². The minimum Gasteiger partial charge on any atom is -0.495 e. The molecule has 4 bridgehead atoms. The second kappa shape index (κ2) is 33.5. The summed E-state index contributed by atoms with van der Waals surface area (Å²) >= 11 is 6.81. The molecule has 0 spiro atoms. The van der Waals surface area contributed by atoms with Crippen LogP contribution in [0.1, 0.15) is 76.0 Å². The number of methoxy groups -OCH3 is 1. The van der Waals surface area contributed by atoms with Crippen molar-refractivity contribution >= 4 is 53.2 Å². The third-order valence-electron chi connectivity index (χ3n) is 15.7. The molecule has 3 aliphatic heterocycles. The van der Waals surface area contributed by atoms with Gasteiger partial charge in [-0.05, 0) is 73.6 Å². The molecular formula is C63H84ClN5O17. The number of nitrogens with zero attached hydrogens (tertiary/aromatic N) is 2. The van der Waals surface area contributed by atoms with E-state index in [1.165, 1.54) is 24.0 Å². The van der Waals surface area contributed by atoms with Gasteiger partial charge in [0.1, 0.15) is 41.2 Å². The lowest BCUT2D eigenvalue weighted by molar-refractivity contribution is -0.162. The lowest BCUT2D eigenvalue weighted by Gasteiger charge is -2.33. The molecule has 1 aliphatic carbocycles. The molecule has 2 saturated heterocycles. The van der Waals surface area contributed by atoms with Crippen molar-refractivity contribution < 1.29 is 80.9 Å². The summed E-state index contributed by atoms with van der Waals surface area (Å²) in [6.07, 6.45) is 3.98. The Hall–Kier alpha value is -6.63. The maximum atomic E-state index is 14.3. The van der Waals surface area contributed by atoms with Crippen molar-refractivity contribution in [2.75, 3.05) is 125 Å². The zero-order chi connectivity index (χ0) is 61.6. The Balaban J connectivity index is 0.706. The first-order valence-electron chi connectivity index (χ1n) is 29.4. The molecule has 22 nitrogen and oxygen atoms in total. The number of epoxide rings is 1. The number of ether oxygens (including phenoxy) is 11. The summed E-state index contributed by atoms with van der Waals surface area (Å²) in [6, 6.07) is 18.6. The van der Waals surface area contributed by atoms with Crippen LogP contribution in [-0.2, 0) is 73.0 Å². The number of esters is 1. The van der Waals surface area contributed by atoms with Crippen LogP contribution in [0.4, 0.5) is 15.3 Å². The quantitative estimate of drug-likeness (QED) is 0.0283. The number of allylic oxidation sites excluding steroid dienone is 3. The second-order valence-corrected chi connectivity index (χ2v) is 22.2. The Morgan fingerprint density at radius 2 is 1.44 bits per heavy atom. The fourth-order valence-corrected chi connectivity index (χ4v) is 10.9. The Morgan fingerprint density at radius 1 is 0.849 bits per heavy atom. The summed E-state index contributed by atoms with van der Waals surface area (Å²) in [7, 11) is 4.61. The number of benzene rings is 3. The number of hydrogen-bond acceptors (Lipinski definition) is 17. The average Bonchev–Trinajstić information content (AvgIpc) is 1.71. The first kappa shape index (κ1) is 66.9. The molecular weight excluding hydrogens is 1130 g/mol. The molecule has 4 aliphatic rings. The number of fused-ring (bicyclic) bond motifs is 8. The van der Waals surface area contributed by atoms with Crippen LogP contribution in [0.3, 0.4) is 0 Å². The molecule has 86 heavy (non-hydrogen) atoms. The molecule has 23 heteroatoms. The van der Waals surface area contributed by atoms with Gasteiger partial charge in [-0.25, -0.2) is 14.4 Å². The third-order valence-corrected chi connectivity index (χ3v) is 16.1. The van der Waals surface area contributed by atoms with E-state index in [4.69, 9.17) is 63.7 Å². The molecule has 0 saturated carbocycles. The Labute approximate surface area is 508 Å². The SMILES string of the molecule is COc1cc2cc(c1Cl)N(C)C(=O)C[C@H](OC(=O)[C@H](C)N(C)C(=O)CCOCCOCCOCCOCCOCCOCCNC(=O)CNC(=O)OCC1c3ccccc3-c3ccccc31)[C@]1(C)OC1[C@H](C)[C@@H]1C[C@H](C/C=C/C=C(\C)C2)NC(=O)O1. The van der Waals surface area contributed by atoms with Crippen molar-refractivity contribution in [2.45, 2.75) is 102 Å². The van der Waals surface area contributed by atoms with Gasteiger partial charge < -0.3 is 77.9 Å². The number of nitrogens with one attached hydrogen (secondary N) is 3. The molecule has 3 aromatic carbocycles. The van der Waals surface area contributed by atoms with E-state index >= 15 is 0 Å². The van der Waals surface area contributed by atoms with Crippen LogP contribution in [0.15, 0.2) is 84.5 Å². The van der Waals surface area contributed by atoms with E-state index in [2.05, 4.69) is 28.1 Å². The first-order valence-corrected chi connectivity index (χ1v) is 29.7. The molecule has 2 fully saturated rings. The van der Waals surface area contributed by atoms with Gasteiger partial charge in [0.15, 0.2) is 0 Å². The van der Waals surface area contributed by atoms with Gasteiger partial charge in [-0.2, -0.15) is 0 Å². The van der Waals surface area contributed by atoms with Gasteiger partial charge in [-0.1, -0.05) is 90.9 Å². The van der Waals surface area contributed by atoms with Gasteiger partial charge >= 0.3 is 18.2 Å². The van der Waals surface area contributed by atoms with Crippen molar-refractivity contribution in [3.05, 3.63) is 106 Å². The summed E-state index contributed by atoms with van der Waals surface area (Å²) in [4.78, 5) is 81.6. The zero-order valence-corrected chi connectivity index (χ0v) is 51.2. The molecule has 470 valence electrons. The third kappa shape index (κ3) is 19.2. The van der Waals surface area contributed by atoms with E-state index < -0.39 is 54.0 Å². The van der Waals surface area contributed by atoms with Crippen LogP contribution in [0.2, 0.25) is 5.02 Å². The van der Waals surface area contributed by atoms with Gasteiger partial charge in [0.2, 0.25) is 17.7 Å². The Kier molecular flexibility index (Phi) is 26.0. The summed E-state index contributed by atoms with van der Waals surface area (Å²) in [5, 5.41) is 8.35. The van der Waals surface area contributed by atoms with Crippen LogP contribution in [0.5, 0.6) is 5.75 Å². The molecule has 7 atom stereocenters. The molecule has 3 heterocycles. The fourth-order valence-electron chi connectivity index (χ4n) is 10.6. The highest BCUT2D eigenvalue weighted by Crippen LogP contribution is 2.49. The van der Waals surface area contributed by atoms with E-state index in [0.29, 0.717) is 83.6 Å². The number of rotatable bonds is 29. The highest BCUT2D eigenvalue weighted by molar-refractivity contribution is 6.35. The average molecular weight is 1220 g/mol. The summed E-state index contributed by atoms with van der Waals surface area (Å²) < 4.78 is 62.7. The highest BCUT2D eigenvalue weighted by atomic mass is 35.5. The number of amides is 5. The minimum absolute atomic E-state index is 0.00947. The number of anilines is 1. The maximum Gasteiger partial charge on any atom is 0.407 e. The smallest absolute Gasteiger partial charge is 0.407 e. The van der Waals surface area contributed by atoms with E-state index in [1.54, 1.807) is 20.9 Å². The molecule has 0 radical (unpaired) electrons. The monoisotopic (exact) mass is 1220 g/mol. The van der Waals surface area contributed by atoms with Gasteiger partial charge in [-0.15, -0.1) is 0 Å². The number of likely N-dealkylation sites (N-methyl/N-ethyl adjacent to an activating group) is 1. The molecule has 7 rings (SSSR count). The van der Waals surface area contributed by atoms with Crippen molar-refractivity contribution in [3.63, 3.8) is 0 Å². The summed E-state index contributed by atoms with van der Waals surface area (Å²) in [5.74, 6) is -1.86. The normalized spacial score (nSPS) is 22.3. The van der Waals surface area contributed by atoms with E-state index in [1.807, 2.05) is 80.6 Å². The lowest BCUT2D eigenvalue weighted by atomic mass is 9.85. The highest BCUT2D eigenvalue weighted by Gasteiger charge is 2.64. The van der Waals surface area contributed by atoms with Crippen molar-refractivity contribution in [2.24, 2.45) is 5.92 Å². The summed E-state index contributed by atoms with van der Waals surface area (Å²) in [5.41, 5.74) is 5.67. The molecule has 3 aromatic rings. The van der Waals surface area contributed by atoms with E-state index in [0.717, 1.165) is 33.4 Å². The number of halogens is 1. The Morgan fingerprint density at radius 3 is 2.06 bits per heavy atom. The number of hydrogen-bond donors (Lipinski definition) is 3. The predicted octanol–water partition coefficient (Wildman–Crippen LogP) is 6.71. The van der Waals surface area contributed by atoms with Crippen LogP contribution >= 0.6 is 11.6 Å². The maximum absolute atomic E-state index is 14.3. The Bertz CT molecular complexity index is 2790. The van der Waals surface area contributed by atoms with Gasteiger partial charge in [0, 0.05) is 44.9 Å². The zero-order valence-electron chi connectivity index (χ0n) is 50.4. The fraction of sp³-hybridized carbons (Fsp3) is 0.556. The van der Waals surface area contributed by atoms with E-state index in [-0.39, 0.29) is 93.7 Å². The second-order valence-electron chi connectivity index (χ2n) is 21.8. The standard InChI is InChI=1S/C63H84ClN5O17/c1-41-14-8-9-15-45-37-52(84-62(75)67-45)42(2)59-63(4,86-59)54(38-57(72)69(6)51-35-44(34-41)36-53(76-7)58(51)64)85-60(73)43(3)68(5)56(71)20-22-77-24-26-79-28-30-81-32-33-82-31-29-80-27-25-78-23-21-65-55(70)39-66-61(74)83-40-50-48-18-12-10-16-46(48)47-17-11-13-19-49(47)50/h8-14,16-19,35-36,42-43,45,50,52,54,59H,15,20-34,37-40H2,1-7H3,(H,65,70)(H,66,74)(H,67,75)/b9-8+,41-14+/t42-,43+,45+,52+,54+,59?,63+/m1/s1. The van der Waals surface area contributed by atoms with Crippen LogP contribution in [-0.4, -0.2) is 197 Å². The molecule has 3 N–H and O–H groups in total. The summed E-state index contributed by atoms with van der Waals surface area (Å²) in [6.45, 7) is 11.2. The van der Waals surface area contributed by atoms with Crippen molar-refractivity contribution in [1.82, 2.24) is 20.9 Å². The lowest BCUT2D eigenvalue weighted by Crippen LogP contribution is -2.49. The van der Waals surface area contributed by atoms with Crippen LogP contribution < -0.4 is 25.6 Å². The van der Waals surface area contributed by atoms with Gasteiger partial charge in [0.05, 0.1) is 118 Å². The van der Waals surface area contributed by atoms with Crippen molar-refractivity contribution in [1.29, 1.82) is 0 Å². The minimum atomic E-state index is -1.14. The van der Waals surface area contributed by atoms with E-state index in [9.17, 15) is 28.8 Å². The van der Waals surface area contributed by atoms with Crippen molar-refractivity contribution in [3.8, 4) is 16.9 Å². The molecule has 1 unspecified atom stereocenters. The van der Waals surface area contributed by atoms with Gasteiger partial charge in [-0.3, -0.25) is 14.4 Å². The molecule has 5 amide bonds. The van der Waals surface area contributed by atoms with Crippen LogP contribution in [0, 0.1) is 5.92 Å². The number of carbonyl (C=O) groups is 6. The number of carbonyl (C=O) groups excluding carboxylic acids is 6.